The molecule has 0 atom stereocenters. The van der Waals surface area contributed by atoms with Crippen LogP contribution in [-0.2, 0) is 23.6 Å². The number of nitrogens with one attached hydrogen (secondary N) is 1. The molecule has 0 aliphatic carbocycles. The van der Waals surface area contributed by atoms with Gasteiger partial charge in [0.2, 0.25) is 0 Å². The van der Waals surface area contributed by atoms with Crippen LogP contribution in [0.2, 0.25) is 0 Å². The van der Waals surface area contributed by atoms with E-state index >= 15 is 0 Å². The van der Waals surface area contributed by atoms with Gasteiger partial charge in [-0.2, -0.15) is 8.42 Å². The monoisotopic (exact) mass is 356 g/mol. The van der Waals surface area contributed by atoms with Crippen molar-refractivity contribution < 1.29 is 16.5 Å². The molecule has 0 saturated carbocycles. The molecule has 2 aromatic rings. The molecule has 0 radical (unpaired) electrons. The van der Waals surface area contributed by atoms with E-state index in [1.807, 2.05) is 12.1 Å². The lowest BCUT2D eigenvalue weighted by atomic mass is 10.2. The van der Waals surface area contributed by atoms with Gasteiger partial charge in [-0.15, -0.1) is 11.8 Å². The Hall–Kier alpha value is -1.64. The Morgan fingerprint density at radius 1 is 1.17 bits per heavy atom. The number of halogens is 1. The fourth-order valence-corrected chi connectivity index (χ4v) is 2.92. The van der Waals surface area contributed by atoms with Crippen molar-refractivity contribution in [3.63, 3.8) is 0 Å². The normalized spacial score (nSPS) is 11.4. The van der Waals surface area contributed by atoms with Crippen LogP contribution in [0, 0.1) is 0 Å². The van der Waals surface area contributed by atoms with E-state index in [0.717, 1.165) is 21.9 Å². The minimum absolute atomic E-state index is 0.0494. The Morgan fingerprint density at radius 2 is 1.87 bits per heavy atom. The quantitative estimate of drug-likeness (QED) is 0.579. The van der Waals surface area contributed by atoms with Crippen LogP contribution in [0.25, 0.3) is 0 Å². The van der Waals surface area contributed by atoms with E-state index in [0.29, 0.717) is 13.1 Å². The molecule has 1 N–H and O–H groups in total. The van der Waals surface area contributed by atoms with E-state index < -0.39 is 10.5 Å². The Morgan fingerprint density at radius 3 is 2.52 bits per heavy atom. The first-order valence-corrected chi connectivity index (χ1v) is 9.27. The van der Waals surface area contributed by atoms with E-state index in [4.69, 9.17) is 0 Å². The van der Waals surface area contributed by atoms with Crippen LogP contribution in [0.4, 0.5) is 3.89 Å². The smallest absolute Gasteiger partial charge is 0.358 e. The molecule has 124 valence electrons. The van der Waals surface area contributed by atoms with Gasteiger partial charge in [-0.25, -0.2) is 4.98 Å². The average Bonchev–Trinajstić information content (AvgIpc) is 2.48. The lowest BCUT2D eigenvalue weighted by Gasteiger charge is -2.07. The molecule has 0 aliphatic heterocycles. The maximum absolute atomic E-state index is 12.4. The van der Waals surface area contributed by atoms with Gasteiger partial charge in [0.05, 0.1) is 5.03 Å². The SMILES string of the molecule is CCSc1cc(CNCc2ccc(OS(=O)(=O)F)cc2)ccn1. The van der Waals surface area contributed by atoms with Crippen molar-refractivity contribution in [2.45, 2.75) is 25.0 Å². The molecule has 23 heavy (non-hydrogen) atoms. The van der Waals surface area contributed by atoms with E-state index in [1.54, 1.807) is 30.1 Å². The summed E-state index contributed by atoms with van der Waals surface area (Å²) in [5, 5.41) is 4.29. The maximum atomic E-state index is 12.4. The summed E-state index contributed by atoms with van der Waals surface area (Å²) < 4.78 is 37.3. The van der Waals surface area contributed by atoms with Crippen molar-refractivity contribution in [1.82, 2.24) is 10.3 Å². The molecule has 0 bridgehead atoms. The Kier molecular flexibility index (Phi) is 6.37. The first-order chi connectivity index (χ1) is 11.0. The first kappa shape index (κ1) is 17.7. The number of pyridine rings is 1. The van der Waals surface area contributed by atoms with Crippen molar-refractivity contribution in [3.8, 4) is 5.75 Å². The molecule has 0 saturated heterocycles. The molecule has 8 heteroatoms. The molecule has 1 aromatic heterocycles. The van der Waals surface area contributed by atoms with Crippen molar-refractivity contribution in [2.24, 2.45) is 0 Å². The van der Waals surface area contributed by atoms with Gasteiger partial charge >= 0.3 is 10.5 Å². The molecule has 0 spiro atoms. The summed E-state index contributed by atoms with van der Waals surface area (Å²) in [4.78, 5) is 4.28. The largest absolute Gasteiger partial charge is 0.488 e. The highest BCUT2D eigenvalue weighted by molar-refractivity contribution is 7.99. The van der Waals surface area contributed by atoms with Crippen LogP contribution in [0.3, 0.4) is 0 Å². The number of benzene rings is 1. The van der Waals surface area contributed by atoms with Gasteiger partial charge in [0, 0.05) is 19.3 Å². The standard InChI is InChI=1S/C15H17FN2O3S2/c1-2-22-15-9-13(7-8-18-15)11-17-10-12-3-5-14(6-4-12)21-23(16,19)20/h3-9,17H,2,10-11H2,1H3. The summed E-state index contributed by atoms with van der Waals surface area (Å²) in [6.07, 6.45) is 1.79. The molecule has 0 aliphatic rings. The summed E-state index contributed by atoms with van der Waals surface area (Å²) in [5.74, 6) is 0.930. The van der Waals surface area contributed by atoms with Crippen LogP contribution in [0.15, 0.2) is 47.6 Å². The zero-order chi connectivity index (χ0) is 16.7. The topological polar surface area (TPSA) is 68.3 Å². The molecule has 5 nitrogen and oxygen atoms in total. The summed E-state index contributed by atoms with van der Waals surface area (Å²) in [6.45, 7) is 3.37. The minimum Gasteiger partial charge on any atom is -0.358 e. The van der Waals surface area contributed by atoms with Gasteiger partial charge in [0.15, 0.2) is 0 Å². The minimum atomic E-state index is -4.98. The molecular weight excluding hydrogens is 339 g/mol. The average molecular weight is 356 g/mol. The second kappa shape index (κ2) is 8.28. The molecule has 0 amide bonds. The number of rotatable bonds is 8. The molecule has 0 fully saturated rings. The van der Waals surface area contributed by atoms with Gasteiger partial charge in [0.25, 0.3) is 0 Å². The second-order valence-electron chi connectivity index (χ2n) is 4.66. The third kappa shape index (κ3) is 6.55. The zero-order valence-electron chi connectivity index (χ0n) is 12.5. The lowest BCUT2D eigenvalue weighted by Crippen LogP contribution is -2.12. The molecule has 1 aromatic carbocycles. The third-order valence-corrected chi connectivity index (χ3v) is 4.07. The predicted molar refractivity (Wildman–Crippen MR) is 88.3 cm³/mol. The van der Waals surface area contributed by atoms with E-state index in [-0.39, 0.29) is 5.75 Å². The van der Waals surface area contributed by atoms with Gasteiger partial charge in [0.1, 0.15) is 5.75 Å². The fourth-order valence-electron chi connectivity index (χ4n) is 1.92. The van der Waals surface area contributed by atoms with E-state index in [9.17, 15) is 12.3 Å². The summed E-state index contributed by atoms with van der Waals surface area (Å²) in [5.41, 5.74) is 2.07. The number of hydrogen-bond acceptors (Lipinski definition) is 6. The van der Waals surface area contributed by atoms with Crippen LogP contribution >= 0.6 is 11.8 Å². The van der Waals surface area contributed by atoms with Crippen LogP contribution in [0.1, 0.15) is 18.1 Å². The predicted octanol–water partition coefficient (Wildman–Crippen LogP) is 3.08. The zero-order valence-corrected chi connectivity index (χ0v) is 14.2. The van der Waals surface area contributed by atoms with E-state index in [1.165, 1.54) is 12.1 Å². The first-order valence-electron chi connectivity index (χ1n) is 6.98. The molecule has 0 unspecified atom stereocenters. The Labute approximate surface area is 139 Å². The summed E-state index contributed by atoms with van der Waals surface area (Å²) >= 11 is 1.69. The highest BCUT2D eigenvalue weighted by Crippen LogP contribution is 2.16. The third-order valence-electron chi connectivity index (χ3n) is 2.87. The van der Waals surface area contributed by atoms with Crippen molar-refractivity contribution in [1.29, 1.82) is 0 Å². The van der Waals surface area contributed by atoms with Gasteiger partial charge in [-0.05, 0) is 41.1 Å². The molecule has 2 rings (SSSR count). The summed E-state index contributed by atoms with van der Waals surface area (Å²) in [7, 11) is -4.98. The molecule has 1 heterocycles. The number of aromatic nitrogens is 1. The van der Waals surface area contributed by atoms with Crippen LogP contribution in [-0.4, -0.2) is 19.2 Å². The van der Waals surface area contributed by atoms with Crippen molar-refractivity contribution >= 4 is 22.3 Å². The number of hydrogen-bond donors (Lipinski definition) is 1. The van der Waals surface area contributed by atoms with E-state index in [2.05, 4.69) is 21.4 Å². The lowest BCUT2D eigenvalue weighted by molar-refractivity contribution is 0.440. The number of nitrogens with zero attached hydrogens (tertiary/aromatic N) is 1. The summed E-state index contributed by atoms with van der Waals surface area (Å²) in [6, 6.07) is 10.2. The van der Waals surface area contributed by atoms with Gasteiger partial charge < -0.3 is 9.50 Å². The molecular formula is C15H17FN2O3S2. The highest BCUT2D eigenvalue weighted by atomic mass is 32.3. The van der Waals surface area contributed by atoms with Gasteiger partial charge in [-0.1, -0.05) is 22.9 Å². The second-order valence-corrected chi connectivity index (χ2v) is 6.90. The van der Waals surface area contributed by atoms with Crippen molar-refractivity contribution in [3.05, 3.63) is 53.7 Å². The van der Waals surface area contributed by atoms with Crippen LogP contribution < -0.4 is 9.50 Å². The maximum Gasteiger partial charge on any atom is 0.488 e. The van der Waals surface area contributed by atoms with Crippen molar-refractivity contribution in [2.75, 3.05) is 5.75 Å². The Bertz CT molecular complexity index is 737. The fraction of sp³-hybridized carbons (Fsp3) is 0.267. The Balaban J connectivity index is 1.85. The van der Waals surface area contributed by atoms with Crippen LogP contribution in [0.5, 0.6) is 5.75 Å². The highest BCUT2D eigenvalue weighted by Gasteiger charge is 2.08. The van der Waals surface area contributed by atoms with Gasteiger partial charge in [-0.3, -0.25) is 0 Å². The number of thioether (sulfide) groups is 1.